The Morgan fingerprint density at radius 1 is 1.00 bits per heavy atom. The highest BCUT2D eigenvalue weighted by Gasteiger charge is 2.68. The fourth-order valence-electron chi connectivity index (χ4n) is 6.08. The highest BCUT2D eigenvalue weighted by atomic mass is 32.2. The van der Waals surface area contributed by atoms with Crippen LogP contribution in [0.25, 0.3) is 0 Å². The van der Waals surface area contributed by atoms with Gasteiger partial charge in [-0.25, -0.2) is 32.1 Å². The van der Waals surface area contributed by atoms with E-state index in [4.69, 9.17) is 18.9 Å². The van der Waals surface area contributed by atoms with Gasteiger partial charge in [0.1, 0.15) is 17.6 Å². The standard InChI is InChI=1S/C28H26N4O9S/c1-31-19-11-8-16(38-2)12-18(19)28-13-20(24(33)39-3)32(42(36,37)17-9-6-15(14-29)7-10-17)27(28)30-22(26(35)41-5)21(23(28)31)25(34)40-4/h6-12,20,23H,13H2,1-5H3/t20-,23-,28-/m0/s1. The Bertz CT molecular complexity index is 1730. The number of nitriles is 1. The first kappa shape index (κ1) is 28.6. The zero-order chi connectivity index (χ0) is 30.6. The minimum Gasteiger partial charge on any atom is -0.497 e. The molecule has 0 radical (unpaired) electrons. The number of carbonyl (C=O) groups excluding carboxylic acids is 3. The lowest BCUT2D eigenvalue weighted by atomic mass is 9.69. The predicted molar refractivity (Wildman–Crippen MR) is 146 cm³/mol. The fourth-order valence-corrected chi connectivity index (χ4v) is 7.71. The normalized spacial score (nSPS) is 22.3. The van der Waals surface area contributed by atoms with Gasteiger partial charge in [-0.05, 0) is 54.4 Å². The number of hydrogen-bond acceptors (Lipinski definition) is 12. The Balaban J connectivity index is 1.89. The average Bonchev–Trinajstić information content (AvgIpc) is 3.50. The molecule has 14 heteroatoms. The van der Waals surface area contributed by atoms with E-state index >= 15 is 0 Å². The number of esters is 3. The number of methoxy groups -OCH3 is 4. The van der Waals surface area contributed by atoms with Crippen molar-refractivity contribution in [1.29, 1.82) is 5.26 Å². The maximum Gasteiger partial charge on any atom is 0.357 e. The molecule has 0 bridgehead atoms. The first-order valence-corrected chi connectivity index (χ1v) is 14.0. The smallest absolute Gasteiger partial charge is 0.357 e. The van der Waals surface area contributed by atoms with E-state index in [-0.39, 0.29) is 28.3 Å². The zero-order valence-electron chi connectivity index (χ0n) is 23.3. The summed E-state index contributed by atoms with van der Waals surface area (Å²) in [6, 6.07) is 9.70. The summed E-state index contributed by atoms with van der Waals surface area (Å²) >= 11 is 0. The van der Waals surface area contributed by atoms with Crippen molar-refractivity contribution < 1.29 is 41.7 Å². The summed E-state index contributed by atoms with van der Waals surface area (Å²) in [5.41, 5.74) is -0.752. The molecule has 0 aromatic heterocycles. The van der Waals surface area contributed by atoms with E-state index in [0.717, 1.165) is 25.6 Å². The highest BCUT2D eigenvalue weighted by Crippen LogP contribution is 2.58. The van der Waals surface area contributed by atoms with Crippen molar-refractivity contribution in [2.24, 2.45) is 4.99 Å². The minimum atomic E-state index is -4.57. The molecule has 42 heavy (non-hydrogen) atoms. The summed E-state index contributed by atoms with van der Waals surface area (Å²) in [6.45, 7) is 0. The van der Waals surface area contributed by atoms with Crippen LogP contribution in [0.3, 0.4) is 0 Å². The molecule has 5 rings (SSSR count). The van der Waals surface area contributed by atoms with Gasteiger partial charge in [0, 0.05) is 12.7 Å². The van der Waals surface area contributed by atoms with Gasteiger partial charge in [0.2, 0.25) is 0 Å². The van der Waals surface area contributed by atoms with Gasteiger partial charge in [-0.2, -0.15) is 5.26 Å². The number of nitrogens with zero attached hydrogens (tertiary/aromatic N) is 4. The summed E-state index contributed by atoms with van der Waals surface area (Å²) in [5.74, 6) is -2.51. The van der Waals surface area contributed by atoms with Crippen LogP contribution in [0.2, 0.25) is 0 Å². The van der Waals surface area contributed by atoms with E-state index in [9.17, 15) is 28.1 Å². The number of anilines is 1. The second-order valence-electron chi connectivity index (χ2n) is 9.73. The molecule has 0 unspecified atom stereocenters. The Morgan fingerprint density at radius 3 is 2.24 bits per heavy atom. The second kappa shape index (κ2) is 10.2. The lowest BCUT2D eigenvalue weighted by Crippen LogP contribution is -2.55. The number of aliphatic imine (C=N–C) groups is 1. The lowest BCUT2D eigenvalue weighted by Gasteiger charge is -2.39. The van der Waals surface area contributed by atoms with Crippen LogP contribution in [0.4, 0.5) is 5.69 Å². The SMILES string of the molecule is COC(=O)C1=C(C(=O)OC)[C@@H]2N(C)c3ccc(OC)cc3[C@@]23C[C@@H](C(=O)OC)N(S(=O)(=O)c2ccc(C#N)cc2)C3=N1. The van der Waals surface area contributed by atoms with Crippen LogP contribution in [-0.2, 0) is 44.0 Å². The summed E-state index contributed by atoms with van der Waals surface area (Å²) in [4.78, 5) is 45.7. The molecule has 0 N–H and O–H groups in total. The molecule has 0 aliphatic carbocycles. The van der Waals surface area contributed by atoms with E-state index in [2.05, 4.69) is 4.99 Å². The molecule has 1 spiro atoms. The number of sulfonamides is 1. The topological polar surface area (TPSA) is 165 Å². The van der Waals surface area contributed by atoms with Gasteiger partial charge in [-0.3, -0.25) is 0 Å². The highest BCUT2D eigenvalue weighted by molar-refractivity contribution is 7.89. The fraction of sp³-hybridized carbons (Fsp3) is 0.321. The number of hydrogen-bond donors (Lipinski definition) is 0. The van der Waals surface area contributed by atoms with Crippen molar-refractivity contribution >= 4 is 39.5 Å². The van der Waals surface area contributed by atoms with Crippen molar-refractivity contribution in [3.63, 3.8) is 0 Å². The number of carbonyl (C=O) groups is 3. The van der Waals surface area contributed by atoms with Crippen molar-refractivity contribution in [2.75, 3.05) is 40.4 Å². The van der Waals surface area contributed by atoms with Crippen molar-refractivity contribution in [1.82, 2.24) is 4.31 Å². The molecular weight excluding hydrogens is 568 g/mol. The number of benzene rings is 2. The summed E-state index contributed by atoms with van der Waals surface area (Å²) < 4.78 is 50.0. The van der Waals surface area contributed by atoms with Gasteiger partial charge in [-0.1, -0.05) is 0 Å². The van der Waals surface area contributed by atoms with Crippen LogP contribution in [-0.4, -0.2) is 84.0 Å². The Labute approximate surface area is 241 Å². The Hall–Kier alpha value is -4.90. The van der Waals surface area contributed by atoms with E-state index in [1.165, 1.54) is 31.4 Å². The van der Waals surface area contributed by atoms with Crippen LogP contribution < -0.4 is 9.64 Å². The zero-order valence-corrected chi connectivity index (χ0v) is 24.1. The van der Waals surface area contributed by atoms with Gasteiger partial charge in [-0.15, -0.1) is 0 Å². The van der Waals surface area contributed by atoms with Gasteiger partial charge in [0.15, 0.2) is 5.70 Å². The second-order valence-corrected chi connectivity index (χ2v) is 11.5. The van der Waals surface area contributed by atoms with Crippen LogP contribution >= 0.6 is 0 Å². The lowest BCUT2D eigenvalue weighted by molar-refractivity contribution is -0.144. The van der Waals surface area contributed by atoms with Gasteiger partial charge >= 0.3 is 17.9 Å². The summed E-state index contributed by atoms with van der Waals surface area (Å²) in [7, 11) is 1.95. The predicted octanol–water partition coefficient (Wildman–Crippen LogP) is 1.27. The van der Waals surface area contributed by atoms with Gasteiger partial charge in [0.05, 0.1) is 62.0 Å². The van der Waals surface area contributed by atoms with E-state index < -0.39 is 51.1 Å². The Kier molecular flexibility index (Phi) is 6.94. The third-order valence-corrected chi connectivity index (χ3v) is 9.68. The molecule has 218 valence electrons. The summed E-state index contributed by atoms with van der Waals surface area (Å²) in [5, 5.41) is 9.21. The molecule has 1 fully saturated rings. The molecule has 13 nitrogen and oxygen atoms in total. The first-order valence-electron chi connectivity index (χ1n) is 12.6. The van der Waals surface area contributed by atoms with E-state index in [1.54, 1.807) is 30.1 Å². The first-order chi connectivity index (χ1) is 20.0. The maximum atomic E-state index is 14.3. The number of rotatable bonds is 6. The van der Waals surface area contributed by atoms with Crippen LogP contribution in [0, 0.1) is 11.3 Å². The van der Waals surface area contributed by atoms with Gasteiger partial charge in [0.25, 0.3) is 10.0 Å². The minimum absolute atomic E-state index is 0.160. The van der Waals surface area contributed by atoms with Gasteiger partial charge < -0.3 is 23.8 Å². The van der Waals surface area contributed by atoms with Crippen LogP contribution in [0.15, 0.2) is 63.6 Å². The van der Waals surface area contributed by atoms with Crippen molar-refractivity contribution in [3.05, 3.63) is 64.9 Å². The maximum absolute atomic E-state index is 14.3. The quantitative estimate of drug-likeness (QED) is 0.349. The molecular formula is C28H26N4O9S. The van der Waals surface area contributed by atoms with Crippen LogP contribution in [0.1, 0.15) is 17.5 Å². The van der Waals surface area contributed by atoms with Crippen molar-refractivity contribution in [3.8, 4) is 11.8 Å². The number of amidine groups is 1. The number of ether oxygens (including phenoxy) is 4. The molecule has 0 saturated carbocycles. The summed E-state index contributed by atoms with van der Waals surface area (Å²) in [6.07, 6.45) is -0.196. The molecule has 2 aromatic carbocycles. The monoisotopic (exact) mass is 594 g/mol. The molecule has 3 atom stereocenters. The van der Waals surface area contributed by atoms with Crippen molar-refractivity contribution in [2.45, 2.75) is 28.8 Å². The third-order valence-electron chi connectivity index (χ3n) is 7.87. The largest absolute Gasteiger partial charge is 0.497 e. The molecule has 2 aromatic rings. The molecule has 3 aliphatic heterocycles. The van der Waals surface area contributed by atoms with E-state index in [1.807, 2.05) is 6.07 Å². The van der Waals surface area contributed by atoms with E-state index in [0.29, 0.717) is 17.0 Å². The molecule has 3 aliphatic rings. The molecule has 3 heterocycles. The molecule has 1 saturated heterocycles. The number of fused-ring (bicyclic) bond motifs is 1. The Morgan fingerprint density at radius 2 is 1.67 bits per heavy atom. The van der Waals surface area contributed by atoms with Crippen LogP contribution in [0.5, 0.6) is 5.75 Å². The molecule has 0 amide bonds. The average molecular weight is 595 g/mol. The number of likely N-dealkylation sites (N-methyl/N-ethyl adjacent to an activating group) is 1. The third kappa shape index (κ3) is 3.84.